The minimum absolute atomic E-state index is 0.208. The minimum Gasteiger partial charge on any atom is -0.464 e. The molecule has 99 valence electrons. The maximum atomic E-state index is 12.0. The lowest BCUT2D eigenvalue weighted by Crippen LogP contribution is -2.29. The topological polar surface area (TPSA) is 85.3 Å². The van der Waals surface area contributed by atoms with Gasteiger partial charge in [-0.25, -0.2) is 0 Å². The molecular weight excluding hydrogens is 244 g/mol. The van der Waals surface area contributed by atoms with Crippen molar-refractivity contribution >= 4 is 22.8 Å². The summed E-state index contributed by atoms with van der Waals surface area (Å²) < 4.78 is 5.23. The number of fused-ring (bicyclic) bond motifs is 1. The lowest BCUT2D eigenvalue weighted by atomic mass is 10.1. The van der Waals surface area contributed by atoms with Crippen LogP contribution in [0.5, 0.6) is 0 Å². The van der Waals surface area contributed by atoms with E-state index >= 15 is 0 Å². The van der Waals surface area contributed by atoms with Crippen molar-refractivity contribution in [2.75, 3.05) is 6.54 Å². The van der Waals surface area contributed by atoms with Crippen molar-refractivity contribution in [3.05, 3.63) is 42.5 Å². The lowest BCUT2D eigenvalue weighted by Gasteiger charge is -2.08. The zero-order chi connectivity index (χ0) is 13.8. The molecule has 0 saturated carbocycles. The largest absolute Gasteiger partial charge is 0.464 e. The molecule has 0 unspecified atom stereocenters. The molecule has 1 radical (unpaired) electrons. The van der Waals surface area contributed by atoms with Crippen molar-refractivity contribution in [2.24, 2.45) is 11.7 Å². The minimum atomic E-state index is -0.411. The summed E-state index contributed by atoms with van der Waals surface area (Å²) in [7, 11) is 0. The van der Waals surface area contributed by atoms with E-state index in [1.165, 1.54) is 0 Å². The first-order chi connectivity index (χ1) is 9.09. The van der Waals surface area contributed by atoms with Crippen LogP contribution in [0.4, 0.5) is 0 Å². The van der Waals surface area contributed by atoms with Crippen LogP contribution in [0.15, 0.2) is 34.9 Å². The number of rotatable bonds is 5. The highest BCUT2D eigenvalue weighted by Crippen LogP contribution is 2.19. The van der Waals surface area contributed by atoms with Crippen molar-refractivity contribution in [2.45, 2.75) is 6.92 Å². The van der Waals surface area contributed by atoms with E-state index in [0.29, 0.717) is 11.1 Å². The number of benzene rings is 1. The van der Waals surface area contributed by atoms with Gasteiger partial charge in [0.1, 0.15) is 5.58 Å². The van der Waals surface area contributed by atoms with Gasteiger partial charge in [0, 0.05) is 17.8 Å². The van der Waals surface area contributed by atoms with Crippen molar-refractivity contribution in [3.8, 4) is 0 Å². The number of amides is 2. The molecule has 3 N–H and O–H groups in total. The molecule has 1 aromatic carbocycles. The highest BCUT2D eigenvalue weighted by Gasteiger charge is 2.13. The molecular formula is C14H15N2O3. The summed E-state index contributed by atoms with van der Waals surface area (Å²) in [5.41, 5.74) is 6.35. The Hall–Kier alpha value is -2.30. The molecule has 2 aromatic rings. The highest BCUT2D eigenvalue weighted by atomic mass is 16.3. The number of furan rings is 1. The summed E-state index contributed by atoms with van der Waals surface area (Å²) in [5.74, 6) is -0.990. The summed E-state index contributed by atoms with van der Waals surface area (Å²) in [4.78, 5) is 22.9. The van der Waals surface area contributed by atoms with Crippen molar-refractivity contribution in [3.63, 3.8) is 0 Å². The van der Waals surface area contributed by atoms with Gasteiger partial charge < -0.3 is 15.5 Å². The van der Waals surface area contributed by atoms with Crippen LogP contribution < -0.4 is 11.1 Å². The van der Waals surface area contributed by atoms with Crippen LogP contribution in [0.3, 0.4) is 0 Å². The summed E-state index contributed by atoms with van der Waals surface area (Å²) in [6, 6.07) is 7.04. The molecule has 2 rings (SSSR count). The predicted octanol–water partition coefficient (Wildman–Crippen LogP) is 1.49. The van der Waals surface area contributed by atoms with Crippen LogP contribution in [0.25, 0.3) is 11.0 Å². The molecule has 0 saturated heterocycles. The lowest BCUT2D eigenvalue weighted by molar-refractivity contribution is -0.120. The second-order valence-corrected chi connectivity index (χ2v) is 4.27. The third-order valence-corrected chi connectivity index (χ3v) is 2.92. The van der Waals surface area contributed by atoms with Crippen LogP contribution >= 0.6 is 0 Å². The second-order valence-electron chi connectivity index (χ2n) is 4.27. The normalized spacial score (nSPS) is 12.3. The number of nitrogens with one attached hydrogen (secondary N) is 1. The number of carbonyl (C=O) groups excluding carboxylic acids is 2. The smallest absolute Gasteiger partial charge is 0.252 e. The molecule has 0 bridgehead atoms. The van der Waals surface area contributed by atoms with E-state index < -0.39 is 5.91 Å². The van der Waals surface area contributed by atoms with Crippen LogP contribution in [-0.2, 0) is 4.79 Å². The van der Waals surface area contributed by atoms with E-state index in [-0.39, 0.29) is 18.4 Å². The van der Waals surface area contributed by atoms with Gasteiger partial charge >= 0.3 is 0 Å². The summed E-state index contributed by atoms with van der Waals surface area (Å²) in [6.45, 7) is 1.97. The van der Waals surface area contributed by atoms with Crippen LogP contribution in [0, 0.1) is 12.3 Å². The molecule has 19 heavy (non-hydrogen) atoms. The molecule has 0 aliphatic carbocycles. The number of hydrogen-bond donors (Lipinski definition) is 2. The fraction of sp³-hybridized carbons (Fsp3) is 0.214. The zero-order valence-electron chi connectivity index (χ0n) is 10.6. The molecule has 0 aliphatic heterocycles. The highest BCUT2D eigenvalue weighted by molar-refractivity contribution is 6.05. The summed E-state index contributed by atoms with van der Waals surface area (Å²) in [6.07, 6.45) is 3.21. The Balaban J connectivity index is 2.00. The van der Waals surface area contributed by atoms with Gasteiger partial charge in [-0.1, -0.05) is 13.0 Å². The Morgan fingerprint density at radius 1 is 1.42 bits per heavy atom. The van der Waals surface area contributed by atoms with Gasteiger partial charge in [-0.3, -0.25) is 9.59 Å². The van der Waals surface area contributed by atoms with Gasteiger partial charge in [-0.2, -0.15) is 0 Å². The third kappa shape index (κ3) is 2.93. The van der Waals surface area contributed by atoms with E-state index in [1.807, 2.05) is 0 Å². The van der Waals surface area contributed by atoms with Crippen LogP contribution in [-0.4, -0.2) is 18.4 Å². The monoisotopic (exact) mass is 259 g/mol. The summed E-state index contributed by atoms with van der Waals surface area (Å²) >= 11 is 0. The van der Waals surface area contributed by atoms with E-state index in [9.17, 15) is 9.59 Å². The average Bonchev–Trinajstić information content (AvgIpc) is 2.86. The molecule has 0 aliphatic rings. The first-order valence-corrected chi connectivity index (χ1v) is 5.96. The first-order valence-electron chi connectivity index (χ1n) is 5.96. The molecule has 0 fully saturated rings. The average molecular weight is 259 g/mol. The molecule has 5 heteroatoms. The predicted molar refractivity (Wildman–Crippen MR) is 71.2 cm³/mol. The van der Waals surface area contributed by atoms with Crippen LogP contribution in [0.2, 0.25) is 0 Å². The van der Waals surface area contributed by atoms with Crippen molar-refractivity contribution < 1.29 is 14.0 Å². The van der Waals surface area contributed by atoms with Crippen LogP contribution in [0.1, 0.15) is 17.3 Å². The van der Waals surface area contributed by atoms with Gasteiger partial charge in [-0.05, 0) is 24.6 Å². The Bertz CT molecular complexity index is 604. The number of nitrogens with two attached hydrogens (primary N) is 1. The van der Waals surface area contributed by atoms with Gasteiger partial charge in [0.15, 0.2) is 0 Å². The Kier molecular flexibility index (Phi) is 3.85. The van der Waals surface area contributed by atoms with E-state index in [0.717, 1.165) is 5.39 Å². The molecule has 1 aromatic heterocycles. The molecule has 1 atom stereocenters. The van der Waals surface area contributed by atoms with E-state index in [4.69, 9.17) is 10.2 Å². The van der Waals surface area contributed by atoms with Crippen molar-refractivity contribution in [1.29, 1.82) is 0 Å². The quantitative estimate of drug-likeness (QED) is 0.853. The van der Waals surface area contributed by atoms with Gasteiger partial charge in [-0.15, -0.1) is 0 Å². The SMILES string of the molecule is C[C@@H]([CH]CNC(=O)c1cccc2occc12)C(N)=O. The number of carbonyl (C=O) groups is 2. The first kappa shape index (κ1) is 13.1. The van der Waals surface area contributed by atoms with Gasteiger partial charge in [0.05, 0.1) is 11.8 Å². The van der Waals surface area contributed by atoms with Crippen molar-refractivity contribution in [1.82, 2.24) is 5.32 Å². The maximum Gasteiger partial charge on any atom is 0.252 e. The Labute approximate surface area is 110 Å². The fourth-order valence-electron chi connectivity index (χ4n) is 1.73. The standard InChI is InChI=1S/C14H15N2O3/c1-9(13(15)17)5-7-16-14(18)11-3-2-4-12-10(11)6-8-19-12/h2-6,8-9H,7H2,1H3,(H2,15,17)(H,16,18)/t9-/m0/s1. The molecule has 5 nitrogen and oxygen atoms in total. The van der Waals surface area contributed by atoms with Gasteiger partial charge in [0.25, 0.3) is 5.91 Å². The Morgan fingerprint density at radius 2 is 2.21 bits per heavy atom. The zero-order valence-corrected chi connectivity index (χ0v) is 10.6. The fourth-order valence-corrected chi connectivity index (χ4v) is 1.73. The van der Waals surface area contributed by atoms with E-state index in [1.54, 1.807) is 43.9 Å². The Morgan fingerprint density at radius 3 is 2.95 bits per heavy atom. The number of hydrogen-bond acceptors (Lipinski definition) is 3. The van der Waals surface area contributed by atoms with E-state index in [2.05, 4.69) is 5.32 Å². The molecule has 2 amide bonds. The summed E-state index contributed by atoms with van der Waals surface area (Å²) in [5, 5.41) is 3.49. The second kappa shape index (κ2) is 5.56. The number of primary amides is 1. The molecule has 1 heterocycles. The third-order valence-electron chi connectivity index (χ3n) is 2.92. The molecule has 0 spiro atoms. The maximum absolute atomic E-state index is 12.0. The van der Waals surface area contributed by atoms with Gasteiger partial charge in [0.2, 0.25) is 5.91 Å².